The van der Waals surface area contributed by atoms with Crippen LogP contribution < -0.4 is 10.6 Å². The molecule has 1 heterocycles. The van der Waals surface area contributed by atoms with Crippen LogP contribution in [0.25, 0.3) is 0 Å². The summed E-state index contributed by atoms with van der Waals surface area (Å²) in [6.45, 7) is 3.87. The first-order chi connectivity index (χ1) is 13.9. The van der Waals surface area contributed by atoms with Gasteiger partial charge in [-0.3, -0.25) is 19.4 Å². The average Bonchev–Trinajstić information content (AvgIpc) is 2.73. The standard InChI is InChI=1S/C23H21N3O3/c1-15-5-3-4-6-19(15)14-25-22(28)18-11-12-24-21(13-18)23(29)26-20-9-7-17(8-10-20)16(2)27/h3-13H,14H2,1-2H3,(H,25,28)(H,26,29). The third-order valence-electron chi connectivity index (χ3n) is 4.50. The minimum Gasteiger partial charge on any atom is -0.348 e. The summed E-state index contributed by atoms with van der Waals surface area (Å²) in [6.07, 6.45) is 1.43. The van der Waals surface area contributed by atoms with Crippen molar-refractivity contribution < 1.29 is 14.4 Å². The molecular formula is C23H21N3O3. The molecule has 6 nitrogen and oxygen atoms in total. The number of carbonyl (C=O) groups is 3. The highest BCUT2D eigenvalue weighted by atomic mass is 16.2. The van der Waals surface area contributed by atoms with E-state index in [1.165, 1.54) is 19.2 Å². The number of aromatic nitrogens is 1. The SMILES string of the molecule is CC(=O)c1ccc(NC(=O)c2cc(C(=O)NCc3ccccc3C)ccn2)cc1. The Hall–Kier alpha value is -3.80. The zero-order valence-electron chi connectivity index (χ0n) is 16.2. The first kappa shape index (κ1) is 19.9. The topological polar surface area (TPSA) is 88.2 Å². The van der Waals surface area contributed by atoms with Gasteiger partial charge in [0.25, 0.3) is 11.8 Å². The molecule has 0 aliphatic rings. The Kier molecular flexibility index (Phi) is 6.14. The lowest BCUT2D eigenvalue weighted by atomic mass is 10.1. The maximum absolute atomic E-state index is 12.5. The smallest absolute Gasteiger partial charge is 0.274 e. The van der Waals surface area contributed by atoms with Gasteiger partial charge >= 0.3 is 0 Å². The van der Waals surface area contributed by atoms with E-state index in [0.717, 1.165) is 11.1 Å². The van der Waals surface area contributed by atoms with Gasteiger partial charge in [-0.05, 0) is 61.4 Å². The predicted octanol–water partition coefficient (Wildman–Crippen LogP) is 3.77. The summed E-state index contributed by atoms with van der Waals surface area (Å²) in [5, 5.41) is 5.57. The molecule has 0 saturated heterocycles. The lowest BCUT2D eigenvalue weighted by molar-refractivity contribution is 0.0949. The van der Waals surface area contributed by atoms with Crippen molar-refractivity contribution in [3.8, 4) is 0 Å². The fourth-order valence-electron chi connectivity index (χ4n) is 2.77. The number of anilines is 1. The van der Waals surface area contributed by atoms with Crippen LogP contribution in [0.3, 0.4) is 0 Å². The molecule has 146 valence electrons. The van der Waals surface area contributed by atoms with Gasteiger partial charge in [-0.15, -0.1) is 0 Å². The lowest BCUT2D eigenvalue weighted by Crippen LogP contribution is -2.24. The number of nitrogens with zero attached hydrogens (tertiary/aromatic N) is 1. The van der Waals surface area contributed by atoms with E-state index in [4.69, 9.17) is 0 Å². The Morgan fingerprint density at radius 1 is 0.897 bits per heavy atom. The maximum atomic E-state index is 12.5. The Balaban J connectivity index is 1.66. The summed E-state index contributed by atoms with van der Waals surface area (Å²) in [5.41, 5.74) is 3.71. The first-order valence-electron chi connectivity index (χ1n) is 9.15. The fourth-order valence-corrected chi connectivity index (χ4v) is 2.77. The number of Topliss-reactive ketones (excluding diaryl/α,β-unsaturated/α-hetero) is 1. The fraction of sp³-hybridized carbons (Fsp3) is 0.130. The number of benzene rings is 2. The summed E-state index contributed by atoms with van der Waals surface area (Å²) < 4.78 is 0. The van der Waals surface area contributed by atoms with E-state index in [1.54, 1.807) is 30.3 Å². The van der Waals surface area contributed by atoms with Gasteiger partial charge in [-0.1, -0.05) is 24.3 Å². The summed E-state index contributed by atoms with van der Waals surface area (Å²) in [5.74, 6) is -0.765. The van der Waals surface area contributed by atoms with Crippen LogP contribution in [0, 0.1) is 6.92 Å². The van der Waals surface area contributed by atoms with Gasteiger partial charge in [0.2, 0.25) is 0 Å². The zero-order chi connectivity index (χ0) is 20.8. The number of carbonyl (C=O) groups excluding carboxylic acids is 3. The molecule has 29 heavy (non-hydrogen) atoms. The third-order valence-corrected chi connectivity index (χ3v) is 4.50. The normalized spacial score (nSPS) is 10.3. The minimum atomic E-state index is -0.436. The molecule has 3 rings (SSSR count). The van der Waals surface area contributed by atoms with Gasteiger partial charge in [0.05, 0.1) is 0 Å². The Bertz CT molecular complexity index is 1060. The number of hydrogen-bond donors (Lipinski definition) is 2. The highest BCUT2D eigenvalue weighted by Gasteiger charge is 2.13. The van der Waals surface area contributed by atoms with Gasteiger partial charge in [0.15, 0.2) is 5.78 Å². The highest BCUT2D eigenvalue weighted by molar-refractivity contribution is 6.05. The van der Waals surface area contributed by atoms with Crippen molar-refractivity contribution in [3.63, 3.8) is 0 Å². The van der Waals surface area contributed by atoms with Crippen molar-refractivity contribution in [2.45, 2.75) is 20.4 Å². The average molecular weight is 387 g/mol. The van der Waals surface area contributed by atoms with Gasteiger partial charge in [0.1, 0.15) is 5.69 Å². The Morgan fingerprint density at radius 3 is 2.31 bits per heavy atom. The van der Waals surface area contributed by atoms with Crippen LogP contribution in [-0.2, 0) is 6.54 Å². The summed E-state index contributed by atoms with van der Waals surface area (Å²) in [4.78, 5) is 40.3. The van der Waals surface area contributed by atoms with Gasteiger partial charge < -0.3 is 10.6 Å². The van der Waals surface area contributed by atoms with E-state index in [1.807, 2.05) is 31.2 Å². The van der Waals surface area contributed by atoms with Gasteiger partial charge in [-0.25, -0.2) is 0 Å². The number of rotatable bonds is 6. The first-order valence-corrected chi connectivity index (χ1v) is 9.15. The van der Waals surface area contributed by atoms with Crippen molar-refractivity contribution in [2.24, 2.45) is 0 Å². The van der Waals surface area contributed by atoms with Crippen LogP contribution in [0.1, 0.15) is 49.3 Å². The molecular weight excluding hydrogens is 366 g/mol. The molecule has 0 aliphatic carbocycles. The van der Waals surface area contributed by atoms with Crippen molar-refractivity contribution in [3.05, 3.63) is 94.8 Å². The number of ketones is 1. The Labute approximate surface area is 169 Å². The van der Waals surface area contributed by atoms with Gasteiger partial charge in [-0.2, -0.15) is 0 Å². The van der Waals surface area contributed by atoms with E-state index in [2.05, 4.69) is 15.6 Å². The van der Waals surface area contributed by atoms with E-state index in [9.17, 15) is 14.4 Å². The summed E-state index contributed by atoms with van der Waals surface area (Å²) in [6, 6.07) is 17.4. The van der Waals surface area contributed by atoms with E-state index in [-0.39, 0.29) is 17.4 Å². The van der Waals surface area contributed by atoms with Crippen molar-refractivity contribution in [2.75, 3.05) is 5.32 Å². The molecule has 0 saturated carbocycles. The monoisotopic (exact) mass is 387 g/mol. The molecule has 2 N–H and O–H groups in total. The number of pyridine rings is 1. The molecule has 0 atom stereocenters. The molecule has 0 fully saturated rings. The Morgan fingerprint density at radius 2 is 1.62 bits per heavy atom. The van der Waals surface area contributed by atoms with Crippen molar-refractivity contribution in [1.29, 1.82) is 0 Å². The summed E-state index contributed by atoms with van der Waals surface area (Å²) in [7, 11) is 0. The molecule has 2 amide bonds. The molecule has 0 radical (unpaired) electrons. The van der Waals surface area contributed by atoms with Crippen LogP contribution in [0.5, 0.6) is 0 Å². The number of aryl methyl sites for hydroxylation is 1. The second kappa shape index (κ2) is 8.93. The molecule has 2 aromatic carbocycles. The molecule has 0 aliphatic heterocycles. The van der Waals surface area contributed by atoms with Crippen LogP contribution in [-0.4, -0.2) is 22.6 Å². The number of hydrogen-bond acceptors (Lipinski definition) is 4. The van der Waals surface area contributed by atoms with Crippen molar-refractivity contribution in [1.82, 2.24) is 10.3 Å². The molecule has 0 bridgehead atoms. The van der Waals surface area contributed by atoms with Crippen LogP contribution >= 0.6 is 0 Å². The summed E-state index contributed by atoms with van der Waals surface area (Å²) >= 11 is 0. The zero-order valence-corrected chi connectivity index (χ0v) is 16.2. The number of amides is 2. The number of nitrogens with one attached hydrogen (secondary N) is 2. The molecule has 3 aromatic rings. The van der Waals surface area contributed by atoms with Crippen LogP contribution in [0.15, 0.2) is 66.9 Å². The van der Waals surface area contributed by atoms with E-state index >= 15 is 0 Å². The maximum Gasteiger partial charge on any atom is 0.274 e. The molecule has 0 spiro atoms. The van der Waals surface area contributed by atoms with Crippen molar-refractivity contribution >= 4 is 23.3 Å². The second-order valence-electron chi connectivity index (χ2n) is 6.63. The van der Waals surface area contributed by atoms with Gasteiger partial charge in [0, 0.05) is 29.6 Å². The largest absolute Gasteiger partial charge is 0.348 e. The third kappa shape index (κ3) is 5.13. The highest BCUT2D eigenvalue weighted by Crippen LogP contribution is 2.12. The molecule has 0 unspecified atom stereocenters. The predicted molar refractivity (Wildman–Crippen MR) is 111 cm³/mol. The molecule has 6 heteroatoms. The van der Waals surface area contributed by atoms with Crippen LogP contribution in [0.2, 0.25) is 0 Å². The quantitative estimate of drug-likeness (QED) is 0.630. The second-order valence-corrected chi connectivity index (χ2v) is 6.63. The molecule has 1 aromatic heterocycles. The minimum absolute atomic E-state index is 0.0473. The van der Waals surface area contributed by atoms with E-state index in [0.29, 0.717) is 23.4 Å². The van der Waals surface area contributed by atoms with Crippen LogP contribution in [0.4, 0.5) is 5.69 Å². The lowest BCUT2D eigenvalue weighted by Gasteiger charge is -2.09. The van der Waals surface area contributed by atoms with E-state index < -0.39 is 5.91 Å².